The Morgan fingerprint density at radius 3 is 2.30 bits per heavy atom. The van der Waals surface area contributed by atoms with Gasteiger partial charge in [0.2, 0.25) is 5.91 Å². The summed E-state index contributed by atoms with van der Waals surface area (Å²) in [6.45, 7) is 6.04. The van der Waals surface area contributed by atoms with Gasteiger partial charge >= 0.3 is 0 Å². The number of fused-ring (bicyclic) bond motifs is 5. The lowest BCUT2D eigenvalue weighted by Gasteiger charge is -2.61. The first-order chi connectivity index (χ1) is 12.9. The molecule has 4 saturated carbocycles. The van der Waals surface area contributed by atoms with Crippen molar-refractivity contribution in [2.45, 2.75) is 109 Å². The normalized spacial score (nSPS) is 52.7. The maximum atomic E-state index is 10.7. The second-order valence-corrected chi connectivity index (χ2v) is 11.5. The van der Waals surface area contributed by atoms with E-state index in [1.165, 1.54) is 64.2 Å². The summed E-state index contributed by atoms with van der Waals surface area (Å²) in [5, 5.41) is 21.4. The topological polar surface area (TPSA) is 43.7 Å². The Bertz CT molecular complexity index is 577. The Hall–Kier alpha value is -0.120. The number of hydrogen-bond donors (Lipinski definition) is 2. The van der Waals surface area contributed by atoms with E-state index in [0.29, 0.717) is 17.9 Å². The monoisotopic (exact) mass is 375 g/mol. The van der Waals surface area contributed by atoms with E-state index in [1.807, 2.05) is 0 Å². The summed E-state index contributed by atoms with van der Waals surface area (Å²) in [5.41, 5.74) is 0.885. The molecule has 0 radical (unpaired) electrons. The van der Waals surface area contributed by atoms with Crippen molar-refractivity contribution in [2.75, 3.05) is 6.54 Å². The molecule has 27 heavy (non-hydrogen) atoms. The Morgan fingerprint density at radius 2 is 1.48 bits per heavy atom. The third-order valence-electron chi connectivity index (χ3n) is 10.5. The summed E-state index contributed by atoms with van der Waals surface area (Å²) < 4.78 is 0. The van der Waals surface area contributed by atoms with E-state index in [9.17, 15) is 10.2 Å². The minimum Gasteiger partial charge on any atom is -0.353 e. The van der Waals surface area contributed by atoms with Gasteiger partial charge in [0.1, 0.15) is 0 Å². The maximum absolute atomic E-state index is 10.7. The highest BCUT2D eigenvalue weighted by molar-refractivity contribution is 5.11. The van der Waals surface area contributed by atoms with Crippen LogP contribution in [0.25, 0.3) is 0 Å². The van der Waals surface area contributed by atoms with Crippen LogP contribution in [0.1, 0.15) is 97.3 Å². The highest BCUT2D eigenvalue weighted by Crippen LogP contribution is 2.67. The molecule has 1 saturated heterocycles. The molecule has 0 spiro atoms. The van der Waals surface area contributed by atoms with Gasteiger partial charge in [0.15, 0.2) is 0 Å². The van der Waals surface area contributed by atoms with E-state index in [1.54, 1.807) is 0 Å². The van der Waals surface area contributed by atoms with Gasteiger partial charge in [0, 0.05) is 19.0 Å². The van der Waals surface area contributed by atoms with Gasteiger partial charge in [-0.05, 0) is 98.7 Å². The standard InChI is InChI=1S/C24H41NO2/c1-22-13-4-3-7-17(22)8-9-18-19-10-11-21(23(19,2)15-12-20(18)22)25-16-6-5-14-24(25,26)27/h17-21,26-27H,3-16H2,1-2H3/t17-,18+,19+,20+,21+,22+,23+/m1/s1. The van der Waals surface area contributed by atoms with E-state index >= 15 is 0 Å². The largest absolute Gasteiger partial charge is 0.353 e. The molecular weight excluding hydrogens is 334 g/mol. The Morgan fingerprint density at radius 1 is 0.704 bits per heavy atom. The van der Waals surface area contributed by atoms with Gasteiger partial charge in [0.05, 0.1) is 0 Å². The minimum absolute atomic E-state index is 0.285. The van der Waals surface area contributed by atoms with Crippen molar-refractivity contribution < 1.29 is 10.2 Å². The van der Waals surface area contributed by atoms with Crippen LogP contribution in [0.3, 0.4) is 0 Å². The molecule has 4 aliphatic carbocycles. The van der Waals surface area contributed by atoms with Gasteiger partial charge in [-0.3, -0.25) is 0 Å². The molecule has 7 atom stereocenters. The summed E-state index contributed by atoms with van der Waals surface area (Å²) in [5.74, 6) is 2.05. The van der Waals surface area contributed by atoms with Gasteiger partial charge in [-0.15, -0.1) is 0 Å². The quantitative estimate of drug-likeness (QED) is 0.640. The Labute approximate surface area is 165 Å². The molecule has 0 aromatic rings. The van der Waals surface area contributed by atoms with E-state index in [4.69, 9.17) is 0 Å². The van der Waals surface area contributed by atoms with Crippen LogP contribution < -0.4 is 0 Å². The molecule has 3 heteroatoms. The molecule has 0 amide bonds. The van der Waals surface area contributed by atoms with Crippen molar-refractivity contribution in [2.24, 2.45) is 34.5 Å². The SMILES string of the molecule is C[C@]12CCCC[C@@H]1CC[C@@H]1[C@@H]2CC[C@]2(C)[C@@H](N3CCCCC3(O)O)CC[C@@H]12. The zero-order valence-corrected chi connectivity index (χ0v) is 17.6. The molecule has 3 nitrogen and oxygen atoms in total. The fourth-order valence-electron chi connectivity index (χ4n) is 9.15. The second kappa shape index (κ2) is 6.44. The van der Waals surface area contributed by atoms with Gasteiger partial charge < -0.3 is 10.2 Å². The highest BCUT2D eigenvalue weighted by atomic mass is 16.5. The first kappa shape index (κ1) is 18.9. The molecule has 5 aliphatic rings. The molecule has 2 N–H and O–H groups in total. The molecular formula is C24H41NO2. The number of rotatable bonds is 1. The molecule has 154 valence electrons. The molecule has 5 rings (SSSR count). The van der Waals surface area contributed by atoms with E-state index in [0.717, 1.165) is 43.1 Å². The van der Waals surface area contributed by atoms with Crippen molar-refractivity contribution in [1.29, 1.82) is 0 Å². The smallest absolute Gasteiger partial charge is 0.225 e. The minimum atomic E-state index is -1.56. The lowest BCUT2D eigenvalue weighted by molar-refractivity contribution is -0.299. The van der Waals surface area contributed by atoms with Crippen LogP contribution in [0.4, 0.5) is 0 Å². The number of likely N-dealkylation sites (tertiary alicyclic amines) is 1. The average molecular weight is 376 g/mol. The van der Waals surface area contributed by atoms with Crippen molar-refractivity contribution in [3.63, 3.8) is 0 Å². The fraction of sp³-hybridized carbons (Fsp3) is 1.00. The molecule has 0 bridgehead atoms. The summed E-state index contributed by atoms with van der Waals surface area (Å²) in [4.78, 5) is 2.12. The Kier molecular flexibility index (Phi) is 4.50. The van der Waals surface area contributed by atoms with Crippen LogP contribution in [-0.4, -0.2) is 33.6 Å². The lowest BCUT2D eigenvalue weighted by atomic mass is 9.45. The van der Waals surface area contributed by atoms with Crippen LogP contribution in [-0.2, 0) is 0 Å². The van der Waals surface area contributed by atoms with Crippen LogP contribution >= 0.6 is 0 Å². The zero-order chi connectivity index (χ0) is 18.9. The number of nitrogens with zero attached hydrogens (tertiary/aromatic N) is 1. The van der Waals surface area contributed by atoms with Gasteiger partial charge in [0.25, 0.3) is 0 Å². The second-order valence-electron chi connectivity index (χ2n) is 11.5. The van der Waals surface area contributed by atoms with Crippen LogP contribution in [0.2, 0.25) is 0 Å². The highest BCUT2D eigenvalue weighted by Gasteiger charge is 2.61. The average Bonchev–Trinajstić information content (AvgIpc) is 2.98. The lowest BCUT2D eigenvalue weighted by Crippen LogP contribution is -2.61. The predicted molar refractivity (Wildman–Crippen MR) is 108 cm³/mol. The molecule has 0 aromatic heterocycles. The molecule has 5 fully saturated rings. The van der Waals surface area contributed by atoms with Crippen LogP contribution in [0.15, 0.2) is 0 Å². The van der Waals surface area contributed by atoms with E-state index in [2.05, 4.69) is 18.7 Å². The van der Waals surface area contributed by atoms with Crippen LogP contribution in [0, 0.1) is 34.5 Å². The first-order valence-corrected chi connectivity index (χ1v) is 12.1. The first-order valence-electron chi connectivity index (χ1n) is 12.1. The third-order valence-corrected chi connectivity index (χ3v) is 10.5. The third kappa shape index (κ3) is 2.70. The summed E-state index contributed by atoms with van der Waals surface area (Å²) in [6, 6.07) is 0.371. The van der Waals surface area contributed by atoms with Crippen LogP contribution in [0.5, 0.6) is 0 Å². The maximum Gasteiger partial charge on any atom is 0.225 e. The van der Waals surface area contributed by atoms with Gasteiger partial charge in [-0.2, -0.15) is 0 Å². The van der Waals surface area contributed by atoms with Gasteiger partial charge in [-0.25, -0.2) is 4.90 Å². The van der Waals surface area contributed by atoms with Crippen molar-refractivity contribution in [3.8, 4) is 0 Å². The molecule has 1 heterocycles. The summed E-state index contributed by atoms with van der Waals surface area (Å²) in [7, 11) is 0. The molecule has 1 aliphatic heterocycles. The number of hydrogen-bond acceptors (Lipinski definition) is 3. The Balaban J connectivity index is 1.41. The number of piperidine rings is 1. The fourth-order valence-corrected chi connectivity index (χ4v) is 9.15. The summed E-state index contributed by atoms with van der Waals surface area (Å²) >= 11 is 0. The van der Waals surface area contributed by atoms with Gasteiger partial charge in [-0.1, -0.05) is 26.7 Å². The molecule has 0 unspecified atom stereocenters. The predicted octanol–water partition coefficient (Wildman–Crippen LogP) is 4.91. The van der Waals surface area contributed by atoms with E-state index in [-0.39, 0.29) is 5.41 Å². The molecule has 0 aromatic carbocycles. The summed E-state index contributed by atoms with van der Waals surface area (Å²) in [6.07, 6.45) is 16.5. The number of aliphatic hydroxyl groups is 2. The van der Waals surface area contributed by atoms with E-state index < -0.39 is 5.91 Å². The van der Waals surface area contributed by atoms with Crippen molar-refractivity contribution >= 4 is 0 Å². The van der Waals surface area contributed by atoms with Crippen molar-refractivity contribution in [3.05, 3.63) is 0 Å². The zero-order valence-electron chi connectivity index (χ0n) is 17.6. The van der Waals surface area contributed by atoms with Crippen molar-refractivity contribution in [1.82, 2.24) is 4.90 Å².